The standard InChI is InChI=1S/C17H22/c1-12(2)7-8-14(5)17-11-16(13(3)4)10-9-15(17)6/h7-11H,3H2,1-2,4-6H3/b14-8+. The van der Waals surface area contributed by atoms with E-state index in [1.54, 1.807) is 0 Å². The molecule has 0 spiro atoms. The van der Waals surface area contributed by atoms with Gasteiger partial charge in [0.1, 0.15) is 0 Å². The van der Waals surface area contributed by atoms with Crippen molar-refractivity contribution >= 4 is 11.1 Å². The van der Waals surface area contributed by atoms with Crippen molar-refractivity contribution in [2.75, 3.05) is 0 Å². The summed E-state index contributed by atoms with van der Waals surface area (Å²) in [4.78, 5) is 0. The zero-order valence-electron chi connectivity index (χ0n) is 11.6. The van der Waals surface area contributed by atoms with Crippen molar-refractivity contribution < 1.29 is 0 Å². The minimum atomic E-state index is 1.11. The fraction of sp³-hybridized carbons (Fsp3) is 0.294. The van der Waals surface area contributed by atoms with Gasteiger partial charge in [-0.15, -0.1) is 0 Å². The van der Waals surface area contributed by atoms with Gasteiger partial charge in [-0.1, -0.05) is 42.0 Å². The molecule has 0 heteroatoms. The Bertz CT molecular complexity index is 481. The molecule has 17 heavy (non-hydrogen) atoms. The maximum atomic E-state index is 4.00. The van der Waals surface area contributed by atoms with E-state index in [1.807, 2.05) is 6.92 Å². The van der Waals surface area contributed by atoms with Crippen LogP contribution in [-0.2, 0) is 0 Å². The van der Waals surface area contributed by atoms with Gasteiger partial charge in [0.2, 0.25) is 0 Å². The lowest BCUT2D eigenvalue weighted by Crippen LogP contribution is -1.88. The van der Waals surface area contributed by atoms with Crippen LogP contribution in [0.5, 0.6) is 0 Å². The third-order valence-corrected chi connectivity index (χ3v) is 2.82. The first kappa shape index (κ1) is 13.5. The second-order valence-electron chi connectivity index (χ2n) is 4.90. The summed E-state index contributed by atoms with van der Waals surface area (Å²) in [6.07, 6.45) is 4.34. The molecule has 1 aromatic carbocycles. The topological polar surface area (TPSA) is 0 Å². The number of hydrogen-bond acceptors (Lipinski definition) is 0. The number of benzene rings is 1. The zero-order valence-corrected chi connectivity index (χ0v) is 11.6. The molecule has 0 unspecified atom stereocenters. The summed E-state index contributed by atoms with van der Waals surface area (Å²) in [5, 5.41) is 0. The van der Waals surface area contributed by atoms with Crippen LogP contribution < -0.4 is 0 Å². The molecule has 0 nitrogen and oxygen atoms in total. The number of allylic oxidation sites excluding steroid dienone is 5. The summed E-state index contributed by atoms with van der Waals surface area (Å²) in [6.45, 7) is 14.6. The van der Waals surface area contributed by atoms with Crippen molar-refractivity contribution in [2.45, 2.75) is 34.6 Å². The molecule has 0 heterocycles. The van der Waals surface area contributed by atoms with Crippen molar-refractivity contribution in [2.24, 2.45) is 0 Å². The molecule has 0 saturated carbocycles. The van der Waals surface area contributed by atoms with Crippen molar-refractivity contribution in [3.05, 3.63) is 59.2 Å². The molecule has 90 valence electrons. The van der Waals surface area contributed by atoms with E-state index in [-0.39, 0.29) is 0 Å². The van der Waals surface area contributed by atoms with Gasteiger partial charge in [0, 0.05) is 0 Å². The van der Waals surface area contributed by atoms with Crippen LogP contribution in [0.3, 0.4) is 0 Å². The van der Waals surface area contributed by atoms with Crippen LogP contribution in [0.1, 0.15) is 44.4 Å². The van der Waals surface area contributed by atoms with E-state index in [2.05, 4.69) is 64.6 Å². The van der Waals surface area contributed by atoms with E-state index in [4.69, 9.17) is 0 Å². The molecule has 0 aliphatic rings. The first-order valence-corrected chi connectivity index (χ1v) is 6.00. The highest BCUT2D eigenvalue weighted by Gasteiger charge is 2.02. The van der Waals surface area contributed by atoms with E-state index in [1.165, 1.54) is 27.8 Å². The summed E-state index contributed by atoms with van der Waals surface area (Å²) in [7, 11) is 0. The highest BCUT2D eigenvalue weighted by Crippen LogP contribution is 2.23. The van der Waals surface area contributed by atoms with Gasteiger partial charge in [-0.2, -0.15) is 0 Å². The summed E-state index contributed by atoms with van der Waals surface area (Å²) in [6, 6.07) is 6.52. The molecule has 0 aliphatic heterocycles. The first-order chi connectivity index (χ1) is 7.91. The smallest absolute Gasteiger partial charge is 0.0192 e. The lowest BCUT2D eigenvalue weighted by Gasteiger charge is -2.09. The van der Waals surface area contributed by atoms with Gasteiger partial charge in [0.25, 0.3) is 0 Å². The second-order valence-corrected chi connectivity index (χ2v) is 4.90. The quantitative estimate of drug-likeness (QED) is 0.605. The molecule has 0 aromatic heterocycles. The van der Waals surface area contributed by atoms with Crippen molar-refractivity contribution in [1.82, 2.24) is 0 Å². The number of rotatable bonds is 3. The Hall–Kier alpha value is -1.56. The fourth-order valence-electron chi connectivity index (χ4n) is 1.69. The van der Waals surface area contributed by atoms with Gasteiger partial charge >= 0.3 is 0 Å². The maximum Gasteiger partial charge on any atom is -0.0192 e. The highest BCUT2D eigenvalue weighted by atomic mass is 14.1. The highest BCUT2D eigenvalue weighted by molar-refractivity contribution is 5.72. The average Bonchev–Trinajstić information content (AvgIpc) is 2.26. The van der Waals surface area contributed by atoms with Crippen molar-refractivity contribution in [3.63, 3.8) is 0 Å². The van der Waals surface area contributed by atoms with Crippen molar-refractivity contribution in [3.8, 4) is 0 Å². The monoisotopic (exact) mass is 226 g/mol. The Morgan fingerprint density at radius 3 is 2.24 bits per heavy atom. The molecule has 0 aliphatic carbocycles. The van der Waals surface area contributed by atoms with Crippen molar-refractivity contribution in [1.29, 1.82) is 0 Å². The zero-order chi connectivity index (χ0) is 13.0. The van der Waals surface area contributed by atoms with E-state index in [0.717, 1.165) is 5.57 Å². The van der Waals surface area contributed by atoms with E-state index < -0.39 is 0 Å². The molecule has 0 fully saturated rings. The fourth-order valence-corrected chi connectivity index (χ4v) is 1.69. The van der Waals surface area contributed by atoms with Crippen LogP contribution in [0.4, 0.5) is 0 Å². The van der Waals surface area contributed by atoms with Crippen LogP contribution in [0.25, 0.3) is 11.1 Å². The SMILES string of the molecule is C=C(C)c1ccc(C)c(/C(C)=C/C=C(C)C)c1. The van der Waals surface area contributed by atoms with Crippen LogP contribution in [0, 0.1) is 6.92 Å². The van der Waals surface area contributed by atoms with Crippen LogP contribution >= 0.6 is 0 Å². The van der Waals surface area contributed by atoms with Gasteiger partial charge in [0.15, 0.2) is 0 Å². The normalized spacial score (nSPS) is 11.2. The molecule has 0 atom stereocenters. The molecular weight excluding hydrogens is 204 g/mol. The molecule has 1 aromatic rings. The predicted molar refractivity (Wildman–Crippen MR) is 79.0 cm³/mol. The average molecular weight is 226 g/mol. The maximum absolute atomic E-state index is 4.00. The van der Waals surface area contributed by atoms with Gasteiger partial charge in [-0.3, -0.25) is 0 Å². The number of aryl methyl sites for hydroxylation is 1. The molecule has 0 radical (unpaired) electrons. The lowest BCUT2D eigenvalue weighted by atomic mass is 9.96. The summed E-state index contributed by atoms with van der Waals surface area (Å²) < 4.78 is 0. The minimum Gasteiger partial charge on any atom is -0.0955 e. The van der Waals surface area contributed by atoms with E-state index >= 15 is 0 Å². The second kappa shape index (κ2) is 5.67. The Labute approximate surface area is 105 Å². The molecule has 1 rings (SSSR count). The summed E-state index contributed by atoms with van der Waals surface area (Å²) in [5.74, 6) is 0. The molecular formula is C17H22. The van der Waals surface area contributed by atoms with Gasteiger partial charge < -0.3 is 0 Å². The third-order valence-electron chi connectivity index (χ3n) is 2.82. The van der Waals surface area contributed by atoms with Crippen LogP contribution in [-0.4, -0.2) is 0 Å². The molecule has 0 N–H and O–H groups in total. The predicted octanol–water partition coefficient (Wildman–Crippen LogP) is 5.40. The molecule has 0 saturated heterocycles. The van der Waals surface area contributed by atoms with Crippen LogP contribution in [0.15, 0.2) is 42.5 Å². The van der Waals surface area contributed by atoms with E-state index in [0.29, 0.717) is 0 Å². The Morgan fingerprint density at radius 1 is 1.06 bits per heavy atom. The summed E-state index contributed by atoms with van der Waals surface area (Å²) >= 11 is 0. The molecule has 0 bridgehead atoms. The number of hydrogen-bond donors (Lipinski definition) is 0. The van der Waals surface area contributed by atoms with Gasteiger partial charge in [-0.25, -0.2) is 0 Å². The Kier molecular flexibility index (Phi) is 4.51. The first-order valence-electron chi connectivity index (χ1n) is 6.00. The largest absolute Gasteiger partial charge is 0.0955 e. The van der Waals surface area contributed by atoms with Crippen LogP contribution in [0.2, 0.25) is 0 Å². The van der Waals surface area contributed by atoms with E-state index in [9.17, 15) is 0 Å². The lowest BCUT2D eigenvalue weighted by molar-refractivity contribution is 1.37. The minimum absolute atomic E-state index is 1.11. The third kappa shape index (κ3) is 3.74. The summed E-state index contributed by atoms with van der Waals surface area (Å²) in [5.41, 5.74) is 7.57. The Morgan fingerprint density at radius 2 is 1.71 bits per heavy atom. The van der Waals surface area contributed by atoms with Gasteiger partial charge in [-0.05, 0) is 62.9 Å². The van der Waals surface area contributed by atoms with Gasteiger partial charge in [0.05, 0.1) is 0 Å². The Balaban J connectivity index is 3.21. The molecule has 0 amide bonds.